The summed E-state index contributed by atoms with van der Waals surface area (Å²) in [7, 11) is 0. The maximum absolute atomic E-state index is 6.29. The average Bonchev–Trinajstić information content (AvgIpc) is 2.51. The van der Waals surface area contributed by atoms with Crippen molar-refractivity contribution in [3.8, 4) is 0 Å². The predicted molar refractivity (Wildman–Crippen MR) is 92.6 cm³/mol. The molecular weight excluding hydrogens is 310 g/mol. The van der Waals surface area contributed by atoms with E-state index in [-0.39, 0.29) is 0 Å². The second kappa shape index (κ2) is 5.65. The summed E-state index contributed by atoms with van der Waals surface area (Å²) in [5, 5.41) is 0.855. The molecule has 23 heavy (non-hydrogen) atoms. The van der Waals surface area contributed by atoms with E-state index in [1.165, 1.54) is 11.1 Å². The first-order valence-corrected chi connectivity index (χ1v) is 8.39. The number of halogens is 1. The number of nitrogens with two attached hydrogens (primary N) is 2. The molecule has 1 aromatic carbocycles. The maximum Gasteiger partial charge on any atom is 0.222 e. The van der Waals surface area contributed by atoms with Gasteiger partial charge in [-0.1, -0.05) is 23.7 Å². The van der Waals surface area contributed by atoms with Crippen molar-refractivity contribution < 1.29 is 0 Å². The molecule has 0 radical (unpaired) electrons. The fraction of sp³-hybridized carbons (Fsp3) is 0.412. The largest absolute Gasteiger partial charge is 0.368 e. The molecule has 1 fully saturated rings. The summed E-state index contributed by atoms with van der Waals surface area (Å²) in [6.45, 7) is 1.69. The van der Waals surface area contributed by atoms with Crippen LogP contribution in [-0.4, -0.2) is 22.6 Å². The highest BCUT2D eigenvalue weighted by Crippen LogP contribution is 2.36. The van der Waals surface area contributed by atoms with Gasteiger partial charge >= 0.3 is 0 Å². The van der Waals surface area contributed by atoms with Gasteiger partial charge < -0.3 is 16.4 Å². The van der Waals surface area contributed by atoms with Gasteiger partial charge in [-0.15, -0.1) is 0 Å². The summed E-state index contributed by atoms with van der Waals surface area (Å²) >= 11 is 6.29. The molecule has 0 atom stereocenters. The van der Waals surface area contributed by atoms with Gasteiger partial charge in [-0.05, 0) is 36.5 Å². The minimum absolute atomic E-state index is 0.295. The molecule has 0 unspecified atom stereocenters. The van der Waals surface area contributed by atoms with E-state index in [2.05, 4.69) is 27.0 Å². The lowest BCUT2D eigenvalue weighted by Crippen LogP contribution is -2.36. The number of nitrogens with zero attached hydrogens (tertiary/aromatic N) is 3. The second-order valence-electron chi connectivity index (χ2n) is 6.49. The molecule has 4 N–H and O–H groups in total. The van der Waals surface area contributed by atoms with Crippen LogP contribution in [0.5, 0.6) is 0 Å². The van der Waals surface area contributed by atoms with Crippen LogP contribution in [0.3, 0.4) is 0 Å². The first kappa shape index (κ1) is 14.7. The van der Waals surface area contributed by atoms with Crippen molar-refractivity contribution in [3.63, 3.8) is 0 Å². The van der Waals surface area contributed by atoms with E-state index in [1.54, 1.807) is 0 Å². The number of rotatable bonds is 2. The van der Waals surface area contributed by atoms with E-state index < -0.39 is 0 Å². The molecule has 1 aliphatic carbocycles. The van der Waals surface area contributed by atoms with Crippen LogP contribution in [0, 0.1) is 0 Å². The molecule has 0 saturated heterocycles. The summed E-state index contributed by atoms with van der Waals surface area (Å²) in [6, 6.07) is 8.45. The van der Waals surface area contributed by atoms with Crippen LogP contribution in [0.1, 0.15) is 35.6 Å². The quantitative estimate of drug-likeness (QED) is 0.884. The van der Waals surface area contributed by atoms with Crippen molar-refractivity contribution >= 4 is 23.4 Å². The van der Waals surface area contributed by atoms with Gasteiger partial charge in [-0.3, -0.25) is 0 Å². The minimum Gasteiger partial charge on any atom is -0.368 e. The van der Waals surface area contributed by atoms with Crippen molar-refractivity contribution in [2.24, 2.45) is 5.73 Å². The Balaban J connectivity index is 1.61. The van der Waals surface area contributed by atoms with E-state index >= 15 is 0 Å². The van der Waals surface area contributed by atoms with Gasteiger partial charge in [-0.2, -0.15) is 4.98 Å². The number of benzene rings is 1. The van der Waals surface area contributed by atoms with E-state index in [0.29, 0.717) is 17.9 Å². The zero-order chi connectivity index (χ0) is 16.0. The summed E-state index contributed by atoms with van der Waals surface area (Å²) in [5.41, 5.74) is 15.4. The predicted octanol–water partition coefficient (Wildman–Crippen LogP) is 2.48. The average molecular weight is 330 g/mol. The number of aromatic nitrogens is 2. The highest BCUT2D eigenvalue weighted by atomic mass is 35.5. The van der Waals surface area contributed by atoms with Crippen molar-refractivity contribution in [1.29, 1.82) is 0 Å². The molecule has 2 aromatic rings. The van der Waals surface area contributed by atoms with Gasteiger partial charge in [0.15, 0.2) is 0 Å². The van der Waals surface area contributed by atoms with E-state index in [1.807, 2.05) is 12.1 Å². The fourth-order valence-corrected chi connectivity index (χ4v) is 3.79. The van der Waals surface area contributed by atoms with Crippen molar-refractivity contribution in [2.45, 2.75) is 37.8 Å². The van der Waals surface area contributed by atoms with Gasteiger partial charge in [0.1, 0.15) is 5.82 Å². The zero-order valence-corrected chi connectivity index (χ0v) is 13.6. The Hall–Kier alpha value is -1.85. The van der Waals surface area contributed by atoms with Crippen molar-refractivity contribution in [2.75, 3.05) is 17.2 Å². The van der Waals surface area contributed by atoms with Crippen LogP contribution in [-0.2, 0) is 13.0 Å². The SMILES string of the molecule is Nc1nc(C2CC(N)C2)cc(N2CCc3c(Cl)cccc3C2)n1. The smallest absolute Gasteiger partial charge is 0.222 e. The Kier molecular flexibility index (Phi) is 3.62. The molecule has 0 spiro atoms. The Morgan fingerprint density at radius 2 is 2.04 bits per heavy atom. The molecule has 0 bridgehead atoms. The lowest BCUT2D eigenvalue weighted by Gasteiger charge is -2.34. The number of fused-ring (bicyclic) bond motifs is 1. The van der Waals surface area contributed by atoms with Gasteiger partial charge in [-0.25, -0.2) is 4.98 Å². The van der Waals surface area contributed by atoms with Crippen LogP contribution in [0.2, 0.25) is 5.02 Å². The topological polar surface area (TPSA) is 81.1 Å². The Morgan fingerprint density at radius 1 is 1.22 bits per heavy atom. The highest BCUT2D eigenvalue weighted by molar-refractivity contribution is 6.31. The molecule has 1 saturated carbocycles. The van der Waals surface area contributed by atoms with Crippen molar-refractivity contribution in [1.82, 2.24) is 9.97 Å². The van der Waals surface area contributed by atoms with Crippen LogP contribution < -0.4 is 16.4 Å². The van der Waals surface area contributed by atoms with Crippen LogP contribution >= 0.6 is 11.6 Å². The molecule has 120 valence electrons. The molecule has 1 aliphatic heterocycles. The second-order valence-corrected chi connectivity index (χ2v) is 6.89. The van der Waals surface area contributed by atoms with Crippen LogP contribution in [0.15, 0.2) is 24.3 Å². The third-order valence-electron chi connectivity index (χ3n) is 4.88. The molecule has 0 amide bonds. The number of hydrogen-bond donors (Lipinski definition) is 2. The minimum atomic E-state index is 0.295. The molecule has 2 heterocycles. The molecule has 4 rings (SSSR count). The number of hydrogen-bond acceptors (Lipinski definition) is 5. The molecular formula is C17H20ClN5. The Morgan fingerprint density at radius 3 is 2.83 bits per heavy atom. The first-order valence-electron chi connectivity index (χ1n) is 8.01. The van der Waals surface area contributed by atoms with Gasteiger partial charge in [0, 0.05) is 36.1 Å². The fourth-order valence-electron chi connectivity index (χ4n) is 3.50. The lowest BCUT2D eigenvalue weighted by atomic mass is 9.78. The molecule has 1 aromatic heterocycles. The van der Waals surface area contributed by atoms with Gasteiger partial charge in [0.05, 0.1) is 5.69 Å². The van der Waals surface area contributed by atoms with E-state index in [4.69, 9.17) is 23.1 Å². The standard InChI is InChI=1S/C17H20ClN5/c18-14-3-1-2-10-9-23(5-4-13(10)14)16-8-15(21-17(20)22-16)11-6-12(19)7-11/h1-3,8,11-12H,4-7,9,19H2,(H2,20,21,22). The Labute approximate surface area is 140 Å². The monoisotopic (exact) mass is 329 g/mol. The van der Waals surface area contributed by atoms with E-state index in [0.717, 1.165) is 48.9 Å². The number of anilines is 2. The van der Waals surface area contributed by atoms with Gasteiger partial charge in [0.25, 0.3) is 0 Å². The van der Waals surface area contributed by atoms with Crippen LogP contribution in [0.25, 0.3) is 0 Å². The third-order valence-corrected chi connectivity index (χ3v) is 5.23. The first-order chi connectivity index (χ1) is 11.1. The summed E-state index contributed by atoms with van der Waals surface area (Å²) in [5.74, 6) is 1.66. The lowest BCUT2D eigenvalue weighted by molar-refractivity contribution is 0.345. The molecule has 5 nitrogen and oxygen atoms in total. The van der Waals surface area contributed by atoms with E-state index in [9.17, 15) is 0 Å². The van der Waals surface area contributed by atoms with Crippen molar-refractivity contribution in [3.05, 3.63) is 46.1 Å². The maximum atomic E-state index is 6.29. The number of nitrogen functional groups attached to an aromatic ring is 1. The zero-order valence-electron chi connectivity index (χ0n) is 12.9. The normalized spacial score (nSPS) is 23.3. The Bertz CT molecular complexity index is 742. The van der Waals surface area contributed by atoms with Gasteiger partial charge in [0.2, 0.25) is 5.95 Å². The summed E-state index contributed by atoms with van der Waals surface area (Å²) in [4.78, 5) is 11.1. The summed E-state index contributed by atoms with van der Waals surface area (Å²) in [6.07, 6.45) is 2.88. The molecule has 2 aliphatic rings. The highest BCUT2D eigenvalue weighted by Gasteiger charge is 2.30. The molecule has 6 heteroatoms. The third kappa shape index (κ3) is 2.75. The summed E-state index contributed by atoms with van der Waals surface area (Å²) < 4.78 is 0. The van der Waals surface area contributed by atoms with Crippen LogP contribution in [0.4, 0.5) is 11.8 Å².